The van der Waals surface area contributed by atoms with Crippen LogP contribution in [-0.2, 0) is 60.4 Å². The number of ether oxygens (including phenoxy) is 1. The number of carboxylic acid groups (broad SMARTS) is 1. The summed E-state index contributed by atoms with van der Waals surface area (Å²) in [5.41, 5.74) is 5.58. The topological polar surface area (TPSA) is 331 Å². The fourth-order valence-electron chi connectivity index (χ4n) is 5.88. The first kappa shape index (κ1) is 47.7. The molecule has 6 atom stereocenters. The van der Waals surface area contributed by atoms with E-state index in [0.717, 1.165) is 6.92 Å². The summed E-state index contributed by atoms with van der Waals surface area (Å²) in [6, 6.07) is -7.22. The fourth-order valence-corrected chi connectivity index (χ4v) is 6.43. The highest BCUT2D eigenvalue weighted by Gasteiger charge is 2.38. The van der Waals surface area contributed by atoms with E-state index in [0.29, 0.717) is 25.1 Å². The van der Waals surface area contributed by atoms with E-state index in [1.165, 1.54) is 22.0 Å². The summed E-state index contributed by atoms with van der Waals surface area (Å²) in [5.74, 6) is -6.44. The highest BCUT2D eigenvalue weighted by atomic mass is 31.2. The molecule has 1 aromatic rings. The fraction of sp³-hybridized carbons (Fsp3) is 0.697. The van der Waals surface area contributed by atoms with Crippen molar-refractivity contribution in [3.63, 3.8) is 0 Å². The Hall–Kier alpha value is -4.47. The van der Waals surface area contributed by atoms with Gasteiger partial charge in [0.1, 0.15) is 30.2 Å². The number of nitrogens with zero attached hydrogens (tertiary/aromatic N) is 3. The van der Waals surface area contributed by atoms with Gasteiger partial charge in [-0.05, 0) is 46.0 Å². The predicted octanol–water partition coefficient (Wildman–Crippen LogP) is -2.33. The number of primary amides is 1. The van der Waals surface area contributed by atoms with Crippen LogP contribution in [0.1, 0.15) is 72.4 Å². The molecular formula is C33H55N8O14P. The molecule has 1 aromatic heterocycles. The maximum absolute atomic E-state index is 13.9. The number of aliphatic hydroxyl groups excluding tert-OH is 1. The average molecular weight is 819 g/mol. The van der Waals surface area contributed by atoms with Crippen molar-refractivity contribution >= 4 is 49.2 Å². The SMILES string of the molecule is CC(C)C[C@H](NC(=O)[C@@H]1CCCN1C(=O)CCOC(C)C)C(=O)N[C@@H](Cc1cncn1CCC(=O)O)C(=O)N[C@@H](CO)C(=O)N[C@H](C(N)=O)[C@@H](C)OP(=O)(O)O. The average Bonchev–Trinajstić information content (AvgIpc) is 3.76. The number of phosphoric acid groups is 1. The van der Waals surface area contributed by atoms with Crippen molar-refractivity contribution in [1.82, 2.24) is 35.7 Å². The molecule has 0 aliphatic carbocycles. The van der Waals surface area contributed by atoms with Crippen LogP contribution >= 0.6 is 7.82 Å². The number of carbonyl (C=O) groups excluding carboxylic acids is 6. The van der Waals surface area contributed by atoms with Crippen molar-refractivity contribution in [3.05, 3.63) is 18.2 Å². The molecule has 1 aliphatic rings. The van der Waals surface area contributed by atoms with Crippen LogP contribution in [0.15, 0.2) is 12.5 Å². The first-order valence-corrected chi connectivity index (χ1v) is 19.6. The van der Waals surface area contributed by atoms with Crippen LogP contribution in [0.3, 0.4) is 0 Å². The predicted molar refractivity (Wildman–Crippen MR) is 195 cm³/mol. The molecule has 316 valence electrons. The number of aryl methyl sites for hydroxylation is 1. The number of hydrogen-bond acceptors (Lipinski definition) is 12. The Morgan fingerprint density at radius 2 is 1.57 bits per heavy atom. The highest BCUT2D eigenvalue weighted by molar-refractivity contribution is 7.46. The molecule has 0 radical (unpaired) electrons. The maximum atomic E-state index is 13.9. The van der Waals surface area contributed by atoms with E-state index in [1.54, 1.807) is 13.8 Å². The Labute approximate surface area is 323 Å². The molecule has 22 nitrogen and oxygen atoms in total. The molecule has 56 heavy (non-hydrogen) atoms. The van der Waals surface area contributed by atoms with Gasteiger partial charge in [0.25, 0.3) is 0 Å². The number of aliphatic hydroxyl groups is 1. The quantitative estimate of drug-likeness (QED) is 0.0494. The lowest BCUT2D eigenvalue weighted by Crippen LogP contribution is -2.61. The second-order valence-corrected chi connectivity index (χ2v) is 15.2. The minimum atomic E-state index is -5.14. The van der Waals surface area contributed by atoms with Crippen LogP contribution in [0.4, 0.5) is 0 Å². The molecule has 6 amide bonds. The Balaban J connectivity index is 2.35. The summed E-state index contributed by atoms with van der Waals surface area (Å²) in [4.78, 5) is 114. The molecule has 0 unspecified atom stereocenters. The number of carbonyl (C=O) groups is 7. The van der Waals surface area contributed by atoms with Gasteiger partial charge in [0.2, 0.25) is 35.4 Å². The van der Waals surface area contributed by atoms with E-state index in [4.69, 9.17) is 20.3 Å². The molecule has 1 saturated heterocycles. The van der Waals surface area contributed by atoms with Crippen molar-refractivity contribution in [3.8, 4) is 0 Å². The first-order valence-electron chi connectivity index (χ1n) is 18.1. The largest absolute Gasteiger partial charge is 0.481 e. The van der Waals surface area contributed by atoms with Crippen LogP contribution in [0.5, 0.6) is 0 Å². The lowest BCUT2D eigenvalue weighted by Gasteiger charge is -2.29. The molecule has 0 bridgehead atoms. The van der Waals surface area contributed by atoms with Crippen molar-refractivity contribution in [2.75, 3.05) is 19.8 Å². The maximum Gasteiger partial charge on any atom is 0.469 e. The van der Waals surface area contributed by atoms with Gasteiger partial charge in [-0.3, -0.25) is 38.1 Å². The summed E-state index contributed by atoms with van der Waals surface area (Å²) in [6.07, 6.45) is 1.37. The number of aliphatic carboxylic acids is 1. The van der Waals surface area contributed by atoms with E-state index in [-0.39, 0.29) is 56.8 Å². The third-order valence-corrected chi connectivity index (χ3v) is 9.19. The van der Waals surface area contributed by atoms with Gasteiger partial charge in [-0.15, -0.1) is 0 Å². The van der Waals surface area contributed by atoms with Gasteiger partial charge in [-0.2, -0.15) is 0 Å². The monoisotopic (exact) mass is 818 g/mol. The number of carboxylic acids is 1. The summed E-state index contributed by atoms with van der Waals surface area (Å²) in [5, 5.41) is 28.9. The summed E-state index contributed by atoms with van der Waals surface area (Å²) >= 11 is 0. The number of likely N-dealkylation sites (tertiary alicyclic amines) is 1. The van der Waals surface area contributed by atoms with Crippen LogP contribution in [0, 0.1) is 5.92 Å². The summed E-state index contributed by atoms with van der Waals surface area (Å²) in [6.45, 7) is 7.71. The number of imidazole rings is 1. The van der Waals surface area contributed by atoms with Gasteiger partial charge in [-0.25, -0.2) is 9.55 Å². The highest BCUT2D eigenvalue weighted by Crippen LogP contribution is 2.38. The van der Waals surface area contributed by atoms with Crippen molar-refractivity contribution in [2.45, 2.75) is 122 Å². The van der Waals surface area contributed by atoms with E-state index in [2.05, 4.69) is 30.8 Å². The van der Waals surface area contributed by atoms with Crippen LogP contribution in [0.25, 0.3) is 0 Å². The zero-order valence-corrected chi connectivity index (χ0v) is 33.0. The van der Waals surface area contributed by atoms with Gasteiger partial charge < -0.3 is 61.2 Å². The molecule has 0 saturated carbocycles. The third-order valence-electron chi connectivity index (χ3n) is 8.59. The number of nitrogens with one attached hydrogen (secondary N) is 4. The Kier molecular flexibility index (Phi) is 19.0. The van der Waals surface area contributed by atoms with Gasteiger partial charge in [0, 0.05) is 31.4 Å². The first-order chi connectivity index (χ1) is 26.1. The van der Waals surface area contributed by atoms with E-state index in [1.807, 2.05) is 13.8 Å². The van der Waals surface area contributed by atoms with Crippen LogP contribution in [-0.4, -0.2) is 138 Å². The molecule has 0 spiro atoms. The molecule has 1 fully saturated rings. The van der Waals surface area contributed by atoms with Crippen LogP contribution < -0.4 is 27.0 Å². The van der Waals surface area contributed by atoms with Gasteiger partial charge in [0.05, 0.1) is 44.6 Å². The Morgan fingerprint density at radius 3 is 2.14 bits per heavy atom. The number of amides is 6. The number of hydrogen-bond donors (Lipinski definition) is 9. The molecule has 10 N–H and O–H groups in total. The lowest BCUT2D eigenvalue weighted by atomic mass is 10.0. The number of rotatable bonds is 24. The van der Waals surface area contributed by atoms with E-state index >= 15 is 0 Å². The summed E-state index contributed by atoms with van der Waals surface area (Å²) < 4.78 is 22.7. The number of aromatic nitrogens is 2. The van der Waals surface area contributed by atoms with E-state index in [9.17, 15) is 48.3 Å². The van der Waals surface area contributed by atoms with Gasteiger partial charge in [0.15, 0.2) is 0 Å². The number of nitrogens with two attached hydrogens (primary N) is 1. The second kappa shape index (κ2) is 22.3. The molecular weight excluding hydrogens is 763 g/mol. The minimum absolute atomic E-state index is 0.0514. The third kappa shape index (κ3) is 15.9. The zero-order chi connectivity index (χ0) is 42.3. The summed E-state index contributed by atoms with van der Waals surface area (Å²) in [7, 11) is -5.14. The standard InChI is InChI=1S/C33H55N8O14P/c1-18(2)13-22(37-33(50)25-7-6-10-41(25)26(43)9-12-54-19(3)4)30(47)36-23(14-21-15-35-17-40(21)11-8-27(44)45)31(48)38-24(16-42)32(49)39-28(29(34)46)20(5)55-56(51,52)53/h15,17-20,22-25,28,42H,6-14,16H2,1-5H3,(H2,34,46)(H,36,47)(H,37,50)(H,38,48)(H,39,49)(H,44,45)(H2,51,52,53)/t20-,22+,23+,24+,25+,28+/m1/s1. The Bertz CT molecular complexity index is 1580. The zero-order valence-electron chi connectivity index (χ0n) is 32.1. The minimum Gasteiger partial charge on any atom is -0.481 e. The lowest BCUT2D eigenvalue weighted by molar-refractivity contribution is -0.140. The molecule has 2 rings (SSSR count). The molecule has 1 aliphatic heterocycles. The molecule has 2 heterocycles. The van der Waals surface area contributed by atoms with Crippen molar-refractivity contribution in [2.24, 2.45) is 11.7 Å². The number of phosphoric ester groups is 1. The Morgan fingerprint density at radius 1 is 0.946 bits per heavy atom. The molecule has 23 heteroatoms. The van der Waals surface area contributed by atoms with Crippen molar-refractivity contribution < 1.29 is 67.4 Å². The van der Waals surface area contributed by atoms with Gasteiger partial charge >= 0.3 is 13.8 Å². The molecule has 0 aromatic carbocycles. The van der Waals surface area contributed by atoms with E-state index < -0.39 is 86.2 Å². The smallest absolute Gasteiger partial charge is 0.469 e. The van der Waals surface area contributed by atoms with Crippen LogP contribution in [0.2, 0.25) is 0 Å². The second-order valence-electron chi connectivity index (χ2n) is 14.0. The normalized spacial score (nSPS) is 17.1. The van der Waals surface area contributed by atoms with Crippen molar-refractivity contribution in [1.29, 1.82) is 0 Å². The van der Waals surface area contributed by atoms with Gasteiger partial charge in [-0.1, -0.05) is 13.8 Å².